The Bertz CT molecular complexity index is 123. The van der Waals surface area contributed by atoms with Crippen LogP contribution >= 0.6 is 0 Å². The van der Waals surface area contributed by atoms with E-state index in [4.69, 9.17) is 0 Å². The first-order valence-electron chi connectivity index (χ1n) is 4.79. The van der Waals surface area contributed by atoms with E-state index in [0.717, 1.165) is 0 Å². The minimum absolute atomic E-state index is 0.501. The van der Waals surface area contributed by atoms with Crippen LogP contribution in [0, 0.1) is 5.41 Å². The number of hydrogen-bond acceptors (Lipinski definition) is 0. The van der Waals surface area contributed by atoms with Crippen LogP contribution in [0.15, 0.2) is 11.8 Å². The fourth-order valence-electron chi connectivity index (χ4n) is 1.90. The molecule has 0 aliphatic rings. The lowest BCUT2D eigenvalue weighted by atomic mass is 9.78. The second-order valence-electron chi connectivity index (χ2n) is 3.52. The summed E-state index contributed by atoms with van der Waals surface area (Å²) in [6.45, 7) is 11.0. The summed E-state index contributed by atoms with van der Waals surface area (Å²) in [5.41, 5.74) is 0.501. The van der Waals surface area contributed by atoms with Crippen LogP contribution in [0.3, 0.4) is 0 Å². The highest BCUT2D eigenvalue weighted by Crippen LogP contribution is 2.36. The lowest BCUT2D eigenvalue weighted by Crippen LogP contribution is -2.21. The highest BCUT2D eigenvalue weighted by molar-refractivity contribution is 6.22. The Kier molecular flexibility index (Phi) is 4.74. The van der Waals surface area contributed by atoms with Crippen molar-refractivity contribution in [2.24, 2.45) is 5.41 Å². The number of hydrogen-bond donors (Lipinski definition) is 0. The molecule has 1 heteroatoms. The first-order valence-corrected chi connectivity index (χ1v) is 5.79. The molecule has 66 valence electrons. The highest BCUT2D eigenvalue weighted by Gasteiger charge is 2.24. The van der Waals surface area contributed by atoms with Crippen molar-refractivity contribution in [3.05, 3.63) is 11.8 Å². The average molecular weight is 170 g/mol. The van der Waals surface area contributed by atoms with Crippen LogP contribution < -0.4 is 0 Å². The number of rotatable bonds is 5. The maximum Gasteiger partial charge on any atom is 0.0332 e. The van der Waals surface area contributed by atoms with E-state index in [0.29, 0.717) is 5.41 Å². The van der Waals surface area contributed by atoms with Crippen LogP contribution in [0.2, 0.25) is 0 Å². The third-order valence-corrected chi connectivity index (χ3v) is 4.05. The summed E-state index contributed by atoms with van der Waals surface area (Å²) in [5.74, 6) is 0. The Morgan fingerprint density at radius 2 is 1.73 bits per heavy atom. The van der Waals surface area contributed by atoms with E-state index in [-0.39, 0.29) is 0 Å². The van der Waals surface area contributed by atoms with Gasteiger partial charge in [-0.2, -0.15) is 0 Å². The predicted molar refractivity (Wildman–Crippen MR) is 57.0 cm³/mol. The van der Waals surface area contributed by atoms with Gasteiger partial charge in [0, 0.05) is 10.2 Å². The molecule has 0 aromatic heterocycles. The highest BCUT2D eigenvalue weighted by atomic mass is 28.1. The second kappa shape index (κ2) is 4.76. The van der Waals surface area contributed by atoms with Crippen LogP contribution in [-0.4, -0.2) is 10.2 Å². The molecule has 0 nitrogen and oxygen atoms in total. The molecular formula is C10H22Si. The largest absolute Gasteiger partial charge is 0.104 e. The van der Waals surface area contributed by atoms with Crippen LogP contribution in [-0.2, 0) is 0 Å². The Labute approximate surface area is 74.5 Å². The predicted octanol–water partition coefficient (Wildman–Crippen LogP) is 2.47. The van der Waals surface area contributed by atoms with Crippen LogP contribution in [0.4, 0.5) is 0 Å². The average Bonchev–Trinajstić information content (AvgIpc) is 2.00. The zero-order valence-corrected chi connectivity index (χ0v) is 10.5. The molecule has 0 aromatic carbocycles. The Morgan fingerprint density at radius 1 is 1.27 bits per heavy atom. The zero-order chi connectivity index (χ0) is 8.91. The molecule has 0 unspecified atom stereocenters. The third-order valence-electron chi connectivity index (χ3n) is 2.99. The monoisotopic (exact) mass is 170 g/mol. The Morgan fingerprint density at radius 3 is 1.82 bits per heavy atom. The Hall–Kier alpha value is -0.0431. The summed E-state index contributed by atoms with van der Waals surface area (Å²) in [7, 11) is 1.17. The summed E-state index contributed by atoms with van der Waals surface area (Å²) < 4.78 is 0. The van der Waals surface area contributed by atoms with Gasteiger partial charge in [0.15, 0.2) is 0 Å². The van der Waals surface area contributed by atoms with Crippen molar-refractivity contribution in [3.63, 3.8) is 0 Å². The van der Waals surface area contributed by atoms with Crippen LogP contribution in [0.25, 0.3) is 0 Å². The molecule has 0 rings (SSSR count). The van der Waals surface area contributed by atoms with E-state index in [1.807, 2.05) is 0 Å². The minimum Gasteiger partial charge on any atom is -0.104 e. The first-order chi connectivity index (χ1) is 5.13. The molecule has 0 saturated heterocycles. The molecule has 0 saturated carbocycles. The van der Waals surface area contributed by atoms with Crippen molar-refractivity contribution in [2.75, 3.05) is 0 Å². The SMILES string of the molecule is C=C([SiH3])C(CC)(CC)CCC. The summed E-state index contributed by atoms with van der Waals surface area (Å²) >= 11 is 0. The van der Waals surface area contributed by atoms with Crippen molar-refractivity contribution in [1.82, 2.24) is 0 Å². The second-order valence-corrected chi connectivity index (χ2v) is 4.72. The maximum atomic E-state index is 4.15. The topological polar surface area (TPSA) is 0 Å². The molecule has 0 fully saturated rings. The van der Waals surface area contributed by atoms with Crippen molar-refractivity contribution in [3.8, 4) is 0 Å². The van der Waals surface area contributed by atoms with Gasteiger partial charge in [-0.3, -0.25) is 0 Å². The molecule has 0 aliphatic carbocycles. The van der Waals surface area contributed by atoms with Gasteiger partial charge in [-0.1, -0.05) is 32.4 Å². The van der Waals surface area contributed by atoms with Crippen molar-refractivity contribution in [1.29, 1.82) is 0 Å². The molecule has 0 aromatic rings. The van der Waals surface area contributed by atoms with Crippen LogP contribution in [0.1, 0.15) is 46.5 Å². The lowest BCUT2D eigenvalue weighted by molar-refractivity contribution is 0.313. The Balaban J connectivity index is 4.32. The smallest absolute Gasteiger partial charge is 0.0332 e. The molecule has 0 N–H and O–H groups in total. The van der Waals surface area contributed by atoms with Crippen molar-refractivity contribution < 1.29 is 0 Å². The van der Waals surface area contributed by atoms with Gasteiger partial charge in [-0.25, -0.2) is 0 Å². The molecule has 0 spiro atoms. The summed E-state index contributed by atoms with van der Waals surface area (Å²) in [4.78, 5) is 0. The lowest BCUT2D eigenvalue weighted by Gasteiger charge is -2.32. The third kappa shape index (κ3) is 2.48. The van der Waals surface area contributed by atoms with E-state index < -0.39 is 0 Å². The summed E-state index contributed by atoms with van der Waals surface area (Å²) in [6.07, 6.45) is 5.19. The number of allylic oxidation sites excluding steroid dienone is 1. The van der Waals surface area contributed by atoms with Crippen molar-refractivity contribution in [2.45, 2.75) is 46.5 Å². The summed E-state index contributed by atoms with van der Waals surface area (Å²) in [6, 6.07) is 0. The molecule has 0 heterocycles. The van der Waals surface area contributed by atoms with Crippen LogP contribution in [0.5, 0.6) is 0 Å². The maximum absolute atomic E-state index is 4.15. The van der Waals surface area contributed by atoms with Gasteiger partial charge in [0.05, 0.1) is 0 Å². The van der Waals surface area contributed by atoms with E-state index in [2.05, 4.69) is 27.4 Å². The van der Waals surface area contributed by atoms with E-state index in [1.165, 1.54) is 41.1 Å². The van der Waals surface area contributed by atoms with Gasteiger partial charge in [-0.05, 0) is 24.7 Å². The molecule has 0 bridgehead atoms. The molecule has 0 amide bonds. The van der Waals surface area contributed by atoms with Gasteiger partial charge < -0.3 is 0 Å². The van der Waals surface area contributed by atoms with E-state index in [9.17, 15) is 0 Å². The van der Waals surface area contributed by atoms with Crippen molar-refractivity contribution >= 4 is 10.2 Å². The normalized spacial score (nSPS) is 11.9. The molecule has 0 atom stereocenters. The summed E-state index contributed by atoms with van der Waals surface area (Å²) in [5, 5.41) is 1.50. The van der Waals surface area contributed by atoms with E-state index >= 15 is 0 Å². The molecular weight excluding hydrogens is 148 g/mol. The molecule has 11 heavy (non-hydrogen) atoms. The molecule has 0 radical (unpaired) electrons. The quantitative estimate of drug-likeness (QED) is 0.556. The van der Waals surface area contributed by atoms with Gasteiger partial charge in [0.1, 0.15) is 0 Å². The van der Waals surface area contributed by atoms with Gasteiger partial charge in [0.2, 0.25) is 0 Å². The van der Waals surface area contributed by atoms with Gasteiger partial charge in [0.25, 0.3) is 0 Å². The zero-order valence-electron chi connectivity index (χ0n) is 8.54. The molecule has 0 aliphatic heterocycles. The van der Waals surface area contributed by atoms with Gasteiger partial charge in [-0.15, -0.1) is 6.58 Å². The minimum atomic E-state index is 0.501. The van der Waals surface area contributed by atoms with E-state index in [1.54, 1.807) is 0 Å². The first kappa shape index (κ1) is 11.0. The fourth-order valence-corrected chi connectivity index (χ4v) is 2.86. The standard InChI is InChI=1S/C10H22Si/c1-5-8-10(6-2,7-3)9(4)11/h4-8H2,1-3,11H3. The fraction of sp³-hybridized carbons (Fsp3) is 0.800. The van der Waals surface area contributed by atoms with Gasteiger partial charge >= 0.3 is 0 Å².